The zero-order valence-corrected chi connectivity index (χ0v) is 17.6. The predicted molar refractivity (Wildman–Crippen MR) is 115 cm³/mol. The van der Waals surface area contributed by atoms with Gasteiger partial charge in [0, 0.05) is 24.0 Å². The van der Waals surface area contributed by atoms with Crippen LogP contribution in [0.1, 0.15) is 25.5 Å². The van der Waals surface area contributed by atoms with Crippen molar-refractivity contribution in [1.82, 2.24) is 9.29 Å². The van der Waals surface area contributed by atoms with Crippen LogP contribution in [0.25, 0.3) is 11.3 Å². The van der Waals surface area contributed by atoms with Crippen molar-refractivity contribution in [3.63, 3.8) is 0 Å². The Bertz CT molecular complexity index is 1070. The molecule has 1 fully saturated rings. The third-order valence-electron chi connectivity index (χ3n) is 4.93. The second kappa shape index (κ2) is 8.48. The maximum atomic E-state index is 12.8. The summed E-state index contributed by atoms with van der Waals surface area (Å²) in [5.41, 5.74) is 4.49. The van der Waals surface area contributed by atoms with E-state index in [0.717, 1.165) is 24.1 Å². The fourth-order valence-corrected chi connectivity index (χ4v) is 5.28. The summed E-state index contributed by atoms with van der Waals surface area (Å²) >= 11 is 1.42. The fourth-order valence-electron chi connectivity index (χ4n) is 3.15. The van der Waals surface area contributed by atoms with E-state index < -0.39 is 10.0 Å². The highest BCUT2D eigenvalue weighted by molar-refractivity contribution is 7.89. The van der Waals surface area contributed by atoms with E-state index in [1.807, 2.05) is 5.38 Å². The number of piperidine rings is 1. The third kappa shape index (κ3) is 4.58. The van der Waals surface area contributed by atoms with Crippen LogP contribution in [0.4, 0.5) is 5.13 Å². The van der Waals surface area contributed by atoms with Crippen LogP contribution in [0.5, 0.6) is 0 Å². The van der Waals surface area contributed by atoms with E-state index in [2.05, 4.69) is 22.4 Å². The van der Waals surface area contributed by atoms with Gasteiger partial charge >= 0.3 is 0 Å². The van der Waals surface area contributed by atoms with Gasteiger partial charge in [-0.3, -0.25) is 5.43 Å². The molecule has 0 radical (unpaired) electrons. The first kappa shape index (κ1) is 19.8. The summed E-state index contributed by atoms with van der Waals surface area (Å²) in [6.45, 7) is 3.34. The molecule has 7 nitrogen and oxygen atoms in total. The van der Waals surface area contributed by atoms with E-state index in [4.69, 9.17) is 4.42 Å². The van der Waals surface area contributed by atoms with Crippen LogP contribution in [0, 0.1) is 5.92 Å². The summed E-state index contributed by atoms with van der Waals surface area (Å²) in [6.07, 6.45) is 4.98. The fraction of sp³-hybridized carbons (Fsp3) is 0.300. The number of benzene rings is 1. The quantitative estimate of drug-likeness (QED) is 0.466. The molecule has 2 aromatic heterocycles. The van der Waals surface area contributed by atoms with Crippen LogP contribution in [-0.4, -0.2) is 37.0 Å². The summed E-state index contributed by atoms with van der Waals surface area (Å²) in [7, 11) is -3.44. The second-order valence-electron chi connectivity index (χ2n) is 7.03. The lowest BCUT2D eigenvalue weighted by Crippen LogP contribution is -2.37. The van der Waals surface area contributed by atoms with E-state index in [1.165, 1.54) is 11.3 Å². The molecule has 0 amide bonds. The van der Waals surface area contributed by atoms with Gasteiger partial charge in [0.1, 0.15) is 5.76 Å². The van der Waals surface area contributed by atoms with Gasteiger partial charge in [-0.1, -0.05) is 19.1 Å². The molecule has 3 heterocycles. The molecule has 0 bridgehead atoms. The van der Waals surface area contributed by atoms with Gasteiger partial charge in [-0.2, -0.15) is 9.41 Å². The number of sulfonamides is 1. The Labute approximate surface area is 174 Å². The minimum absolute atomic E-state index is 0.326. The maximum absolute atomic E-state index is 12.8. The average Bonchev–Trinajstić information content (AvgIpc) is 3.41. The number of nitrogens with one attached hydrogen (secondary N) is 1. The molecule has 1 aliphatic rings. The lowest BCUT2D eigenvalue weighted by atomic mass is 10.0. The second-order valence-corrected chi connectivity index (χ2v) is 9.83. The highest BCUT2D eigenvalue weighted by atomic mass is 32.2. The number of rotatable bonds is 6. The topological polar surface area (TPSA) is 87.8 Å². The molecular formula is C20H22N4O3S2. The van der Waals surface area contributed by atoms with Crippen LogP contribution in [0.15, 0.2) is 62.5 Å². The predicted octanol–water partition coefficient (Wildman–Crippen LogP) is 4.27. The number of thiazole rings is 1. The van der Waals surface area contributed by atoms with Gasteiger partial charge in [-0.05, 0) is 43.0 Å². The highest BCUT2D eigenvalue weighted by Crippen LogP contribution is 2.28. The Morgan fingerprint density at radius 3 is 2.69 bits per heavy atom. The lowest BCUT2D eigenvalue weighted by molar-refractivity contribution is 0.288. The van der Waals surface area contributed by atoms with Crippen LogP contribution >= 0.6 is 11.3 Å². The van der Waals surface area contributed by atoms with Crippen molar-refractivity contribution >= 4 is 32.7 Å². The number of hydrogen-bond acceptors (Lipinski definition) is 7. The first-order chi connectivity index (χ1) is 14.0. The Kier molecular flexibility index (Phi) is 5.79. The van der Waals surface area contributed by atoms with Crippen molar-refractivity contribution in [3.05, 3.63) is 53.8 Å². The highest BCUT2D eigenvalue weighted by Gasteiger charge is 2.27. The Balaban J connectivity index is 1.43. The largest absolute Gasteiger partial charge is 0.463 e. The number of furan rings is 1. The smallest absolute Gasteiger partial charge is 0.243 e. The number of hydrazone groups is 1. The molecule has 29 heavy (non-hydrogen) atoms. The zero-order valence-electron chi connectivity index (χ0n) is 16.0. The zero-order chi connectivity index (χ0) is 20.3. The molecular weight excluding hydrogens is 408 g/mol. The Hall–Kier alpha value is -2.49. The molecule has 0 atom stereocenters. The molecule has 1 N–H and O–H groups in total. The molecule has 0 aliphatic carbocycles. The lowest BCUT2D eigenvalue weighted by Gasteiger charge is -2.29. The molecule has 0 spiro atoms. The minimum Gasteiger partial charge on any atom is -0.463 e. The molecule has 0 saturated carbocycles. The monoisotopic (exact) mass is 430 g/mol. The van der Waals surface area contributed by atoms with E-state index in [0.29, 0.717) is 34.8 Å². The first-order valence-electron chi connectivity index (χ1n) is 9.41. The average molecular weight is 431 g/mol. The van der Waals surface area contributed by atoms with Gasteiger partial charge < -0.3 is 4.42 Å². The molecule has 1 aliphatic heterocycles. The van der Waals surface area contributed by atoms with Crippen molar-refractivity contribution < 1.29 is 12.8 Å². The van der Waals surface area contributed by atoms with Crippen LogP contribution in [0.2, 0.25) is 0 Å². The van der Waals surface area contributed by atoms with E-state index >= 15 is 0 Å². The van der Waals surface area contributed by atoms with Crippen molar-refractivity contribution in [1.29, 1.82) is 0 Å². The minimum atomic E-state index is -3.44. The van der Waals surface area contributed by atoms with Gasteiger partial charge in [0.2, 0.25) is 15.2 Å². The molecule has 4 rings (SSSR count). The van der Waals surface area contributed by atoms with Gasteiger partial charge in [0.05, 0.1) is 23.1 Å². The van der Waals surface area contributed by atoms with Gasteiger partial charge in [0.25, 0.3) is 0 Å². The molecule has 152 valence electrons. The summed E-state index contributed by atoms with van der Waals surface area (Å²) in [5, 5.41) is 6.63. The Morgan fingerprint density at radius 1 is 1.24 bits per heavy atom. The van der Waals surface area contributed by atoms with Crippen LogP contribution in [-0.2, 0) is 10.0 Å². The molecule has 3 aromatic rings. The molecule has 9 heteroatoms. The van der Waals surface area contributed by atoms with E-state index in [9.17, 15) is 8.42 Å². The Morgan fingerprint density at radius 2 is 2.00 bits per heavy atom. The molecule has 1 aromatic carbocycles. The first-order valence-corrected chi connectivity index (χ1v) is 11.7. The van der Waals surface area contributed by atoms with Gasteiger partial charge in [-0.15, -0.1) is 11.3 Å². The standard InChI is InChI=1S/C20H22N4O3S2/c1-15-8-10-24(11-9-15)29(25,26)18-6-4-16(5-7-18)19-14-28-20(22-19)23-21-13-17-3-2-12-27-17/h2-7,12-15H,8-11H2,1H3,(H,22,23)/b21-13+. The van der Waals surface area contributed by atoms with Gasteiger partial charge in [0.15, 0.2) is 0 Å². The van der Waals surface area contributed by atoms with Crippen molar-refractivity contribution in [3.8, 4) is 11.3 Å². The normalized spacial score (nSPS) is 16.4. The number of anilines is 1. The van der Waals surface area contributed by atoms with Crippen molar-refractivity contribution in [2.75, 3.05) is 18.5 Å². The van der Waals surface area contributed by atoms with Gasteiger partial charge in [-0.25, -0.2) is 13.4 Å². The van der Waals surface area contributed by atoms with Crippen molar-refractivity contribution in [2.45, 2.75) is 24.7 Å². The summed E-state index contributed by atoms with van der Waals surface area (Å²) < 4.78 is 32.4. The molecule has 0 unspecified atom stereocenters. The number of aromatic nitrogens is 1. The number of nitrogens with zero attached hydrogens (tertiary/aromatic N) is 3. The summed E-state index contributed by atoms with van der Waals surface area (Å²) in [6, 6.07) is 10.5. The SMILES string of the molecule is CC1CCN(S(=O)(=O)c2ccc(-c3csc(N/N=C/c4ccco4)n3)cc2)CC1. The molecule has 1 saturated heterocycles. The van der Waals surface area contributed by atoms with E-state index in [-0.39, 0.29) is 0 Å². The maximum Gasteiger partial charge on any atom is 0.243 e. The summed E-state index contributed by atoms with van der Waals surface area (Å²) in [5.74, 6) is 1.23. The number of hydrogen-bond donors (Lipinski definition) is 1. The third-order valence-corrected chi connectivity index (χ3v) is 7.59. The van der Waals surface area contributed by atoms with Crippen LogP contribution < -0.4 is 5.43 Å². The summed E-state index contributed by atoms with van der Waals surface area (Å²) in [4.78, 5) is 4.82. The van der Waals surface area contributed by atoms with Crippen LogP contribution in [0.3, 0.4) is 0 Å². The van der Waals surface area contributed by atoms with Crippen molar-refractivity contribution in [2.24, 2.45) is 11.0 Å². The van der Waals surface area contributed by atoms with E-state index in [1.54, 1.807) is 53.2 Å².